The molecule has 1 aliphatic rings. The van der Waals surface area contributed by atoms with E-state index < -0.39 is 10.0 Å². The predicted molar refractivity (Wildman–Crippen MR) is 62.3 cm³/mol. The standard InChI is InChI=1S/C9H10N4O2S2/c1-12-4-7(13-5-10-11-6-13)9-8(2-3-16-9)17(12,14)15/h2-3,5-7H,4H2,1H3. The molecule has 90 valence electrons. The molecule has 0 amide bonds. The first-order valence-corrected chi connectivity index (χ1v) is 7.30. The number of thiophene rings is 1. The first kappa shape index (κ1) is 10.9. The van der Waals surface area contributed by atoms with E-state index in [-0.39, 0.29) is 6.04 Å². The van der Waals surface area contributed by atoms with Crippen LogP contribution in [0.25, 0.3) is 0 Å². The van der Waals surface area contributed by atoms with Gasteiger partial charge in [0, 0.05) is 18.5 Å². The molecule has 1 atom stereocenters. The molecule has 0 aromatic carbocycles. The largest absolute Gasteiger partial charge is 0.310 e. The molecule has 3 heterocycles. The zero-order valence-corrected chi connectivity index (χ0v) is 10.6. The van der Waals surface area contributed by atoms with Crippen molar-refractivity contribution in [3.8, 4) is 0 Å². The molecular weight excluding hydrogens is 260 g/mol. The van der Waals surface area contributed by atoms with Gasteiger partial charge in [0.05, 0.1) is 10.9 Å². The molecule has 0 N–H and O–H groups in total. The number of hydrogen-bond donors (Lipinski definition) is 0. The van der Waals surface area contributed by atoms with E-state index in [4.69, 9.17) is 0 Å². The van der Waals surface area contributed by atoms with Gasteiger partial charge >= 0.3 is 0 Å². The molecule has 0 fully saturated rings. The summed E-state index contributed by atoms with van der Waals surface area (Å²) in [6.07, 6.45) is 3.22. The van der Waals surface area contributed by atoms with E-state index in [1.807, 2.05) is 4.57 Å². The lowest BCUT2D eigenvalue weighted by Crippen LogP contribution is -2.37. The molecule has 2 aromatic heterocycles. The molecule has 17 heavy (non-hydrogen) atoms. The summed E-state index contributed by atoms with van der Waals surface area (Å²) in [6.45, 7) is 0.411. The SMILES string of the molecule is CN1CC(n2cnnc2)c2sccc2S1(=O)=O. The van der Waals surface area contributed by atoms with Crippen LogP contribution in [0.5, 0.6) is 0 Å². The van der Waals surface area contributed by atoms with E-state index in [2.05, 4.69) is 10.2 Å². The van der Waals surface area contributed by atoms with Gasteiger partial charge in [0.25, 0.3) is 0 Å². The lowest BCUT2D eigenvalue weighted by molar-refractivity contribution is 0.393. The third-order valence-corrected chi connectivity index (χ3v) is 5.90. The van der Waals surface area contributed by atoms with E-state index in [0.717, 1.165) is 4.88 Å². The molecule has 0 spiro atoms. The van der Waals surface area contributed by atoms with Gasteiger partial charge in [-0.15, -0.1) is 21.5 Å². The Morgan fingerprint density at radius 1 is 1.41 bits per heavy atom. The van der Waals surface area contributed by atoms with Crippen LogP contribution in [0.2, 0.25) is 0 Å². The van der Waals surface area contributed by atoms with E-state index in [1.54, 1.807) is 31.1 Å². The highest BCUT2D eigenvalue weighted by atomic mass is 32.2. The third kappa shape index (κ3) is 1.52. The number of likely N-dealkylation sites (N-methyl/N-ethyl adjacent to an activating group) is 1. The van der Waals surface area contributed by atoms with Gasteiger partial charge in [-0.3, -0.25) is 0 Å². The molecule has 8 heteroatoms. The van der Waals surface area contributed by atoms with Crippen LogP contribution < -0.4 is 0 Å². The molecule has 0 radical (unpaired) electrons. The van der Waals surface area contributed by atoms with Gasteiger partial charge in [0.15, 0.2) is 0 Å². The summed E-state index contributed by atoms with van der Waals surface area (Å²) < 4.78 is 27.3. The van der Waals surface area contributed by atoms with Gasteiger partial charge in [-0.1, -0.05) is 0 Å². The smallest absolute Gasteiger partial charge is 0.244 e. The second kappa shape index (κ2) is 3.62. The van der Waals surface area contributed by atoms with Crippen LogP contribution in [0.1, 0.15) is 10.9 Å². The van der Waals surface area contributed by atoms with E-state index in [9.17, 15) is 8.42 Å². The van der Waals surface area contributed by atoms with Crippen molar-refractivity contribution < 1.29 is 8.42 Å². The first-order valence-electron chi connectivity index (χ1n) is 4.98. The molecule has 1 unspecified atom stereocenters. The van der Waals surface area contributed by atoms with Crippen LogP contribution in [0.4, 0.5) is 0 Å². The van der Waals surface area contributed by atoms with Crippen LogP contribution >= 0.6 is 11.3 Å². The summed E-state index contributed by atoms with van der Waals surface area (Å²) in [6, 6.07) is 1.62. The summed E-state index contributed by atoms with van der Waals surface area (Å²) in [5, 5.41) is 9.34. The fraction of sp³-hybridized carbons (Fsp3) is 0.333. The summed E-state index contributed by atoms with van der Waals surface area (Å²) in [5.41, 5.74) is 0. The maximum absolute atomic E-state index is 12.1. The summed E-state index contributed by atoms with van der Waals surface area (Å²) in [4.78, 5) is 1.25. The van der Waals surface area contributed by atoms with Gasteiger partial charge in [-0.05, 0) is 11.4 Å². The van der Waals surface area contributed by atoms with Crippen molar-refractivity contribution in [2.45, 2.75) is 10.9 Å². The summed E-state index contributed by atoms with van der Waals surface area (Å²) >= 11 is 1.45. The molecule has 1 aliphatic heterocycles. The highest BCUT2D eigenvalue weighted by Gasteiger charge is 2.36. The highest BCUT2D eigenvalue weighted by molar-refractivity contribution is 7.89. The summed E-state index contributed by atoms with van der Waals surface area (Å²) in [7, 11) is -1.72. The Balaban J connectivity index is 2.18. The minimum atomic E-state index is -3.31. The number of nitrogens with zero attached hydrogens (tertiary/aromatic N) is 4. The molecule has 0 bridgehead atoms. The number of rotatable bonds is 1. The van der Waals surface area contributed by atoms with Crippen molar-refractivity contribution in [2.24, 2.45) is 0 Å². The van der Waals surface area contributed by atoms with Crippen LogP contribution in [0.3, 0.4) is 0 Å². The molecular formula is C9H10N4O2S2. The topological polar surface area (TPSA) is 68.1 Å². The fourth-order valence-electron chi connectivity index (χ4n) is 1.96. The monoisotopic (exact) mass is 270 g/mol. The van der Waals surface area contributed by atoms with Crippen molar-refractivity contribution in [3.63, 3.8) is 0 Å². The fourth-order valence-corrected chi connectivity index (χ4v) is 4.70. The minimum Gasteiger partial charge on any atom is -0.310 e. The van der Waals surface area contributed by atoms with Crippen molar-refractivity contribution >= 4 is 21.4 Å². The molecule has 6 nitrogen and oxygen atoms in total. The molecule has 0 saturated heterocycles. The Kier molecular flexibility index (Phi) is 2.32. The Bertz CT molecular complexity index is 632. The number of hydrogen-bond acceptors (Lipinski definition) is 5. The highest BCUT2D eigenvalue weighted by Crippen LogP contribution is 2.37. The van der Waals surface area contributed by atoms with Gasteiger partial charge in [-0.25, -0.2) is 8.42 Å². The lowest BCUT2D eigenvalue weighted by Gasteiger charge is -2.29. The van der Waals surface area contributed by atoms with Crippen LogP contribution in [0.15, 0.2) is 29.0 Å². The quantitative estimate of drug-likeness (QED) is 0.759. The minimum absolute atomic E-state index is 0.0338. The molecule has 3 rings (SSSR count). The molecule has 0 saturated carbocycles. The second-order valence-electron chi connectivity index (χ2n) is 3.86. The zero-order valence-electron chi connectivity index (χ0n) is 9.02. The Morgan fingerprint density at radius 3 is 2.82 bits per heavy atom. The maximum Gasteiger partial charge on any atom is 0.244 e. The van der Waals surface area contributed by atoms with Crippen LogP contribution in [0, 0.1) is 0 Å². The molecule has 0 aliphatic carbocycles. The third-order valence-electron chi connectivity index (χ3n) is 2.87. The van der Waals surface area contributed by atoms with Crippen molar-refractivity contribution in [3.05, 3.63) is 29.0 Å². The Hall–Kier alpha value is -1.25. The first-order chi connectivity index (χ1) is 8.10. The lowest BCUT2D eigenvalue weighted by atomic mass is 10.2. The average Bonchev–Trinajstić information content (AvgIpc) is 2.94. The van der Waals surface area contributed by atoms with Gasteiger partial charge < -0.3 is 4.57 Å². The van der Waals surface area contributed by atoms with Crippen molar-refractivity contribution in [1.29, 1.82) is 0 Å². The van der Waals surface area contributed by atoms with Gasteiger partial charge in [0.1, 0.15) is 12.7 Å². The van der Waals surface area contributed by atoms with E-state index in [0.29, 0.717) is 11.4 Å². The van der Waals surface area contributed by atoms with E-state index in [1.165, 1.54) is 15.6 Å². The molecule has 2 aromatic rings. The average molecular weight is 270 g/mol. The second-order valence-corrected chi connectivity index (χ2v) is 6.82. The Morgan fingerprint density at radius 2 is 2.12 bits per heavy atom. The number of aromatic nitrogens is 3. The Labute approximate surface area is 103 Å². The van der Waals surface area contributed by atoms with Crippen molar-refractivity contribution in [2.75, 3.05) is 13.6 Å². The van der Waals surface area contributed by atoms with Gasteiger partial charge in [0.2, 0.25) is 10.0 Å². The summed E-state index contributed by atoms with van der Waals surface area (Å²) in [5.74, 6) is 0. The predicted octanol–water partition coefficient (Wildman–Crippen LogP) is 0.563. The van der Waals surface area contributed by atoms with Gasteiger partial charge in [-0.2, -0.15) is 4.31 Å². The van der Waals surface area contributed by atoms with Crippen molar-refractivity contribution in [1.82, 2.24) is 19.1 Å². The maximum atomic E-state index is 12.1. The number of sulfonamides is 1. The normalized spacial score (nSPS) is 23.5. The van der Waals surface area contributed by atoms with E-state index >= 15 is 0 Å². The zero-order chi connectivity index (χ0) is 12.0. The number of fused-ring (bicyclic) bond motifs is 1. The van der Waals surface area contributed by atoms with Crippen LogP contribution in [-0.4, -0.2) is 41.1 Å². The van der Waals surface area contributed by atoms with Crippen LogP contribution in [-0.2, 0) is 10.0 Å².